The van der Waals surface area contributed by atoms with Gasteiger partial charge in [-0.05, 0) is 133 Å². The Morgan fingerprint density at radius 1 is 0.881 bits per heavy atom. The van der Waals surface area contributed by atoms with E-state index in [0.717, 1.165) is 79.3 Å². The third kappa shape index (κ3) is 7.79. The van der Waals surface area contributed by atoms with Crippen molar-refractivity contribution in [3.63, 3.8) is 0 Å². The maximum absolute atomic E-state index is 6.42. The van der Waals surface area contributed by atoms with E-state index in [1.165, 1.54) is 71.1 Å². The molecule has 3 aliphatic rings. The van der Waals surface area contributed by atoms with Crippen LogP contribution in [0.3, 0.4) is 0 Å². The number of hydrogen-bond acceptors (Lipinski definition) is 6. The number of aryl methyl sites for hydroxylation is 1. The van der Waals surface area contributed by atoms with Crippen LogP contribution in [0.25, 0.3) is 11.0 Å². The van der Waals surface area contributed by atoms with Crippen LogP contribution in [-0.2, 0) is 13.2 Å². The van der Waals surface area contributed by atoms with Gasteiger partial charge in [0.05, 0.1) is 12.1 Å². The number of nitrogens with one attached hydrogen (secondary N) is 1. The highest BCUT2D eigenvalue weighted by Gasteiger charge is 2.27. The van der Waals surface area contributed by atoms with Gasteiger partial charge in [-0.2, -0.15) is 0 Å². The Morgan fingerprint density at radius 3 is 2.55 bits per heavy atom. The van der Waals surface area contributed by atoms with E-state index < -0.39 is 0 Å². The SMILES string of the molecule is Clc1ccc(OCc2nc3c(OCCCN4CCCC4CN4CCCC4)cccc3n2CCCC2CCNCC2)cc1. The standard InChI is InChI=1S/C34H48ClN5O2/c35-28-11-13-30(14-12-28)42-26-33-37-34-31(40(33)23-4-7-27-15-17-36-18-16-27)9-3-10-32(34)41-24-6-22-39-21-5-8-29(39)25-38-19-1-2-20-38/h3,9-14,27,29,36H,1-2,4-8,15-26H2. The van der Waals surface area contributed by atoms with Crippen molar-refractivity contribution in [3.8, 4) is 11.5 Å². The summed E-state index contributed by atoms with van der Waals surface area (Å²) in [5, 5.41) is 4.20. The molecule has 1 atom stereocenters. The van der Waals surface area contributed by atoms with Crippen LogP contribution in [-0.4, -0.2) is 77.8 Å². The number of para-hydroxylation sites is 1. The second kappa shape index (κ2) is 14.9. The van der Waals surface area contributed by atoms with E-state index in [-0.39, 0.29) is 0 Å². The molecule has 2 aromatic carbocycles. The van der Waals surface area contributed by atoms with Crippen molar-refractivity contribution in [1.29, 1.82) is 0 Å². The molecule has 0 saturated carbocycles. The van der Waals surface area contributed by atoms with Crippen LogP contribution in [0, 0.1) is 5.92 Å². The van der Waals surface area contributed by atoms with E-state index in [9.17, 15) is 0 Å². The van der Waals surface area contributed by atoms with Crippen LogP contribution >= 0.6 is 11.6 Å². The fourth-order valence-electron chi connectivity index (χ4n) is 7.14. The van der Waals surface area contributed by atoms with Crippen LogP contribution in [0.15, 0.2) is 42.5 Å². The molecule has 0 radical (unpaired) electrons. The maximum atomic E-state index is 6.42. The highest BCUT2D eigenvalue weighted by atomic mass is 35.5. The highest BCUT2D eigenvalue weighted by Crippen LogP contribution is 2.29. The topological polar surface area (TPSA) is 54.8 Å². The lowest BCUT2D eigenvalue weighted by Crippen LogP contribution is -2.40. The Hall–Kier alpha value is -2.32. The first kappa shape index (κ1) is 29.7. The van der Waals surface area contributed by atoms with Crippen molar-refractivity contribution in [2.45, 2.75) is 77.0 Å². The lowest BCUT2D eigenvalue weighted by Gasteiger charge is -2.28. The quantitative estimate of drug-likeness (QED) is 0.219. The minimum Gasteiger partial charge on any atom is -0.491 e. The molecule has 42 heavy (non-hydrogen) atoms. The number of aromatic nitrogens is 2. The Morgan fingerprint density at radius 2 is 1.71 bits per heavy atom. The molecule has 3 aromatic rings. The minimum absolute atomic E-state index is 0.413. The first-order valence-electron chi connectivity index (χ1n) is 16.4. The van der Waals surface area contributed by atoms with Gasteiger partial charge < -0.3 is 24.3 Å². The Kier molecular flexibility index (Phi) is 10.6. The van der Waals surface area contributed by atoms with Gasteiger partial charge in [0.1, 0.15) is 29.4 Å². The predicted molar refractivity (Wildman–Crippen MR) is 171 cm³/mol. The lowest BCUT2D eigenvalue weighted by molar-refractivity contribution is 0.179. The fourth-order valence-corrected chi connectivity index (χ4v) is 7.27. The smallest absolute Gasteiger partial charge is 0.148 e. The number of ether oxygens (including phenoxy) is 2. The van der Waals surface area contributed by atoms with Crippen LogP contribution in [0.4, 0.5) is 0 Å². The summed E-state index contributed by atoms with van der Waals surface area (Å²) in [6.45, 7) is 10.5. The zero-order chi connectivity index (χ0) is 28.6. The molecule has 0 bridgehead atoms. The number of rotatable bonds is 14. The molecule has 3 fully saturated rings. The minimum atomic E-state index is 0.413. The molecule has 3 aliphatic heterocycles. The van der Waals surface area contributed by atoms with Gasteiger partial charge in [-0.15, -0.1) is 0 Å². The first-order valence-corrected chi connectivity index (χ1v) is 16.8. The van der Waals surface area contributed by atoms with E-state index in [4.69, 9.17) is 26.1 Å². The van der Waals surface area contributed by atoms with Gasteiger partial charge >= 0.3 is 0 Å². The normalized spacial score (nSPS) is 20.5. The van der Waals surface area contributed by atoms with Crippen LogP contribution in [0.1, 0.15) is 63.6 Å². The zero-order valence-corrected chi connectivity index (χ0v) is 25.9. The van der Waals surface area contributed by atoms with Crippen LogP contribution in [0.2, 0.25) is 5.02 Å². The molecule has 1 N–H and O–H groups in total. The van der Waals surface area contributed by atoms with Gasteiger partial charge in [0.25, 0.3) is 0 Å². The molecule has 1 aromatic heterocycles. The van der Waals surface area contributed by atoms with Gasteiger partial charge in [-0.3, -0.25) is 4.90 Å². The molecule has 8 heteroatoms. The van der Waals surface area contributed by atoms with Gasteiger partial charge in [-0.1, -0.05) is 17.7 Å². The van der Waals surface area contributed by atoms with Crippen molar-refractivity contribution in [3.05, 3.63) is 53.3 Å². The second-order valence-corrected chi connectivity index (χ2v) is 12.9. The van der Waals surface area contributed by atoms with E-state index in [1.54, 1.807) is 0 Å². The number of benzene rings is 2. The van der Waals surface area contributed by atoms with E-state index in [0.29, 0.717) is 18.2 Å². The second-order valence-electron chi connectivity index (χ2n) is 12.4. The number of nitrogens with zero attached hydrogens (tertiary/aromatic N) is 4. The highest BCUT2D eigenvalue weighted by molar-refractivity contribution is 6.30. The largest absolute Gasteiger partial charge is 0.491 e. The summed E-state index contributed by atoms with van der Waals surface area (Å²) in [4.78, 5) is 10.5. The van der Waals surface area contributed by atoms with E-state index in [1.807, 2.05) is 24.3 Å². The molecule has 0 amide bonds. The number of fused-ring (bicyclic) bond motifs is 1. The maximum Gasteiger partial charge on any atom is 0.148 e. The lowest BCUT2D eigenvalue weighted by atomic mass is 9.93. The Bertz CT molecular complexity index is 1250. The summed E-state index contributed by atoms with van der Waals surface area (Å²) >= 11 is 6.08. The molecule has 3 saturated heterocycles. The third-order valence-electron chi connectivity index (χ3n) is 9.47. The average Bonchev–Trinajstić information content (AvgIpc) is 3.77. The first-order chi connectivity index (χ1) is 20.7. The van der Waals surface area contributed by atoms with Gasteiger partial charge in [0.15, 0.2) is 0 Å². The van der Waals surface area contributed by atoms with Crippen molar-refractivity contribution in [1.82, 2.24) is 24.7 Å². The average molecular weight is 594 g/mol. The fraction of sp³-hybridized carbons (Fsp3) is 0.618. The Labute approximate surface area is 256 Å². The van der Waals surface area contributed by atoms with Crippen molar-refractivity contribution in [2.24, 2.45) is 5.92 Å². The number of imidazole rings is 1. The zero-order valence-electron chi connectivity index (χ0n) is 25.1. The van der Waals surface area contributed by atoms with Gasteiger partial charge in [0.2, 0.25) is 0 Å². The molecule has 4 heterocycles. The van der Waals surface area contributed by atoms with Crippen molar-refractivity contribution < 1.29 is 9.47 Å². The summed E-state index contributed by atoms with van der Waals surface area (Å²) in [7, 11) is 0. The van der Waals surface area contributed by atoms with Crippen LogP contribution in [0.5, 0.6) is 11.5 Å². The summed E-state index contributed by atoms with van der Waals surface area (Å²) in [6, 6.07) is 14.6. The monoisotopic (exact) mass is 593 g/mol. The number of hydrogen-bond donors (Lipinski definition) is 1. The summed E-state index contributed by atoms with van der Waals surface area (Å²) < 4.78 is 14.9. The van der Waals surface area contributed by atoms with Crippen molar-refractivity contribution >= 4 is 22.6 Å². The molecular weight excluding hydrogens is 546 g/mol. The number of likely N-dealkylation sites (tertiary alicyclic amines) is 2. The third-order valence-corrected chi connectivity index (χ3v) is 9.72. The Balaban J connectivity index is 1.09. The number of piperidine rings is 1. The summed E-state index contributed by atoms with van der Waals surface area (Å²) in [5.74, 6) is 3.45. The molecule has 0 spiro atoms. The molecule has 0 aliphatic carbocycles. The molecule has 228 valence electrons. The summed E-state index contributed by atoms with van der Waals surface area (Å²) in [5.41, 5.74) is 2.08. The number of halogens is 1. The molecule has 7 nitrogen and oxygen atoms in total. The van der Waals surface area contributed by atoms with E-state index in [2.05, 4.69) is 37.9 Å². The molecule has 1 unspecified atom stereocenters. The van der Waals surface area contributed by atoms with Gasteiger partial charge in [0, 0.05) is 30.7 Å². The van der Waals surface area contributed by atoms with Crippen molar-refractivity contribution in [2.75, 3.05) is 52.4 Å². The molecule has 6 rings (SSSR count). The summed E-state index contributed by atoms with van der Waals surface area (Å²) in [6.07, 6.45) is 11.4. The van der Waals surface area contributed by atoms with E-state index >= 15 is 0 Å². The van der Waals surface area contributed by atoms with Gasteiger partial charge in [-0.25, -0.2) is 4.98 Å². The van der Waals surface area contributed by atoms with Crippen LogP contribution < -0.4 is 14.8 Å². The predicted octanol–water partition coefficient (Wildman–Crippen LogP) is 6.38. The molecular formula is C34H48ClN5O2.